The van der Waals surface area contributed by atoms with Crippen molar-refractivity contribution >= 4 is 5.78 Å². The van der Waals surface area contributed by atoms with Crippen molar-refractivity contribution in [3.05, 3.63) is 41.7 Å². The number of ketones is 1. The summed E-state index contributed by atoms with van der Waals surface area (Å²) in [5, 5.41) is 0. The van der Waals surface area contributed by atoms with Gasteiger partial charge in [0.15, 0.2) is 5.78 Å². The third kappa shape index (κ3) is 2.51. The highest BCUT2D eigenvalue weighted by Gasteiger charge is 2.12. The van der Waals surface area contributed by atoms with Gasteiger partial charge in [0, 0.05) is 18.8 Å². The molecule has 1 saturated carbocycles. The molecule has 66 valence electrons. The van der Waals surface area contributed by atoms with Crippen LogP contribution in [0.25, 0.3) is 0 Å². The minimum Gasteiger partial charge on any atom is -0.294 e. The molecular formula is C11H11NO. The van der Waals surface area contributed by atoms with Crippen LogP contribution in [0.2, 0.25) is 0 Å². The van der Waals surface area contributed by atoms with E-state index in [-0.39, 0.29) is 5.78 Å². The van der Waals surface area contributed by atoms with Crippen LogP contribution < -0.4 is 0 Å². The molecule has 13 heavy (non-hydrogen) atoms. The molecule has 1 fully saturated rings. The Morgan fingerprint density at radius 3 is 2.69 bits per heavy atom. The van der Waals surface area contributed by atoms with Gasteiger partial charge in [-0.05, 0) is 36.6 Å². The van der Waals surface area contributed by atoms with Crippen LogP contribution in [0.15, 0.2) is 36.2 Å². The molecule has 0 atom stereocenters. The van der Waals surface area contributed by atoms with Crippen LogP contribution in [0.1, 0.15) is 18.4 Å². The van der Waals surface area contributed by atoms with Crippen LogP contribution in [0, 0.1) is 0 Å². The number of hydrogen-bond acceptors (Lipinski definition) is 2. The summed E-state index contributed by atoms with van der Waals surface area (Å²) in [6, 6.07) is 3.76. The molecule has 1 aromatic rings. The van der Waals surface area contributed by atoms with Crippen molar-refractivity contribution in [1.29, 1.82) is 0 Å². The SMILES string of the molecule is O=C(C=C1CC1)Cc1ccncc1. The van der Waals surface area contributed by atoms with E-state index >= 15 is 0 Å². The first kappa shape index (κ1) is 8.17. The highest BCUT2D eigenvalue weighted by Crippen LogP contribution is 2.27. The zero-order chi connectivity index (χ0) is 9.10. The van der Waals surface area contributed by atoms with Crippen molar-refractivity contribution in [3.8, 4) is 0 Å². The van der Waals surface area contributed by atoms with E-state index in [1.807, 2.05) is 12.1 Å². The Morgan fingerprint density at radius 1 is 1.38 bits per heavy atom. The van der Waals surface area contributed by atoms with Gasteiger partial charge in [0.2, 0.25) is 0 Å². The summed E-state index contributed by atoms with van der Waals surface area (Å²) in [5.41, 5.74) is 2.33. The number of rotatable bonds is 3. The molecule has 0 radical (unpaired) electrons. The van der Waals surface area contributed by atoms with Crippen LogP contribution in [0.3, 0.4) is 0 Å². The van der Waals surface area contributed by atoms with Crippen molar-refractivity contribution in [2.24, 2.45) is 0 Å². The lowest BCUT2D eigenvalue weighted by atomic mass is 10.1. The lowest BCUT2D eigenvalue weighted by Crippen LogP contribution is -1.98. The molecule has 1 aliphatic rings. The van der Waals surface area contributed by atoms with E-state index in [9.17, 15) is 4.79 Å². The number of nitrogens with zero attached hydrogens (tertiary/aromatic N) is 1. The molecule has 2 nitrogen and oxygen atoms in total. The van der Waals surface area contributed by atoms with E-state index in [0.717, 1.165) is 18.4 Å². The average molecular weight is 173 g/mol. The predicted octanol–water partition coefficient (Wildman–Crippen LogP) is 1.91. The van der Waals surface area contributed by atoms with Gasteiger partial charge < -0.3 is 0 Å². The standard InChI is InChI=1S/C11H11NO/c13-11(7-9-1-2-9)8-10-3-5-12-6-4-10/h3-7H,1-2,8H2. The van der Waals surface area contributed by atoms with Crippen LogP contribution in [-0.2, 0) is 11.2 Å². The minimum absolute atomic E-state index is 0.207. The Labute approximate surface area is 77.3 Å². The number of allylic oxidation sites excluding steroid dienone is 2. The number of aromatic nitrogens is 1. The Balaban J connectivity index is 1.98. The smallest absolute Gasteiger partial charge is 0.160 e. The van der Waals surface area contributed by atoms with Crippen molar-refractivity contribution in [3.63, 3.8) is 0 Å². The fourth-order valence-corrected chi connectivity index (χ4v) is 1.20. The quantitative estimate of drug-likeness (QED) is 0.653. The Morgan fingerprint density at radius 2 is 2.08 bits per heavy atom. The molecule has 2 rings (SSSR count). The lowest BCUT2D eigenvalue weighted by Gasteiger charge is -1.94. The summed E-state index contributed by atoms with van der Waals surface area (Å²) in [6.45, 7) is 0. The summed E-state index contributed by atoms with van der Waals surface area (Å²) in [6.07, 6.45) is 7.94. The second kappa shape index (κ2) is 3.52. The van der Waals surface area contributed by atoms with E-state index in [1.54, 1.807) is 18.5 Å². The second-order valence-corrected chi connectivity index (χ2v) is 3.30. The number of pyridine rings is 1. The van der Waals surface area contributed by atoms with Crippen LogP contribution in [-0.4, -0.2) is 10.8 Å². The molecule has 0 saturated heterocycles. The molecule has 0 N–H and O–H groups in total. The molecule has 1 heterocycles. The van der Waals surface area contributed by atoms with Gasteiger partial charge >= 0.3 is 0 Å². The van der Waals surface area contributed by atoms with Gasteiger partial charge in [0.1, 0.15) is 0 Å². The number of carbonyl (C=O) groups excluding carboxylic acids is 1. The summed E-state index contributed by atoms with van der Waals surface area (Å²) < 4.78 is 0. The van der Waals surface area contributed by atoms with E-state index in [4.69, 9.17) is 0 Å². The van der Waals surface area contributed by atoms with Crippen LogP contribution in [0.5, 0.6) is 0 Å². The van der Waals surface area contributed by atoms with Gasteiger partial charge in [0.05, 0.1) is 0 Å². The molecular weight excluding hydrogens is 162 g/mol. The van der Waals surface area contributed by atoms with Gasteiger partial charge in [-0.3, -0.25) is 9.78 Å². The summed E-state index contributed by atoms with van der Waals surface area (Å²) in [7, 11) is 0. The zero-order valence-electron chi connectivity index (χ0n) is 7.36. The van der Waals surface area contributed by atoms with Gasteiger partial charge in [0.25, 0.3) is 0 Å². The fraction of sp³-hybridized carbons (Fsp3) is 0.273. The normalized spacial score (nSPS) is 14.0. The molecule has 0 unspecified atom stereocenters. The lowest BCUT2D eigenvalue weighted by molar-refractivity contribution is -0.114. The first-order valence-electron chi connectivity index (χ1n) is 4.46. The highest BCUT2D eigenvalue weighted by atomic mass is 16.1. The van der Waals surface area contributed by atoms with Crippen molar-refractivity contribution in [2.75, 3.05) is 0 Å². The van der Waals surface area contributed by atoms with Gasteiger partial charge in [-0.2, -0.15) is 0 Å². The Kier molecular flexibility index (Phi) is 2.21. The second-order valence-electron chi connectivity index (χ2n) is 3.30. The summed E-state index contributed by atoms with van der Waals surface area (Å²) in [4.78, 5) is 15.3. The largest absolute Gasteiger partial charge is 0.294 e. The maximum atomic E-state index is 11.4. The minimum atomic E-state index is 0.207. The third-order valence-electron chi connectivity index (χ3n) is 2.03. The third-order valence-corrected chi connectivity index (χ3v) is 2.03. The number of carbonyl (C=O) groups is 1. The molecule has 0 bridgehead atoms. The molecule has 1 aliphatic carbocycles. The summed E-state index contributed by atoms with van der Waals surface area (Å²) >= 11 is 0. The van der Waals surface area contributed by atoms with E-state index < -0.39 is 0 Å². The van der Waals surface area contributed by atoms with Crippen molar-refractivity contribution in [1.82, 2.24) is 4.98 Å². The monoisotopic (exact) mass is 173 g/mol. The van der Waals surface area contributed by atoms with Crippen molar-refractivity contribution < 1.29 is 4.79 Å². The molecule has 0 aliphatic heterocycles. The molecule has 0 amide bonds. The Bertz CT molecular complexity index is 334. The first-order valence-corrected chi connectivity index (χ1v) is 4.46. The molecule has 0 aromatic carbocycles. The Hall–Kier alpha value is -1.44. The predicted molar refractivity (Wildman–Crippen MR) is 50.3 cm³/mol. The molecule has 2 heteroatoms. The van der Waals surface area contributed by atoms with Gasteiger partial charge in [-0.15, -0.1) is 0 Å². The van der Waals surface area contributed by atoms with Crippen molar-refractivity contribution in [2.45, 2.75) is 19.3 Å². The van der Waals surface area contributed by atoms with Crippen LogP contribution in [0.4, 0.5) is 0 Å². The van der Waals surface area contributed by atoms with E-state index in [2.05, 4.69) is 4.98 Å². The molecule has 1 aromatic heterocycles. The molecule has 0 spiro atoms. The highest BCUT2D eigenvalue weighted by molar-refractivity contribution is 5.92. The maximum Gasteiger partial charge on any atom is 0.160 e. The zero-order valence-corrected chi connectivity index (χ0v) is 7.36. The van der Waals surface area contributed by atoms with Gasteiger partial charge in [-0.25, -0.2) is 0 Å². The summed E-state index contributed by atoms with van der Waals surface area (Å²) in [5.74, 6) is 0.207. The van der Waals surface area contributed by atoms with E-state index in [1.165, 1.54) is 5.57 Å². The maximum absolute atomic E-state index is 11.4. The van der Waals surface area contributed by atoms with E-state index in [0.29, 0.717) is 6.42 Å². The number of hydrogen-bond donors (Lipinski definition) is 0. The first-order chi connectivity index (χ1) is 6.34. The fourth-order valence-electron chi connectivity index (χ4n) is 1.20. The average Bonchev–Trinajstić information content (AvgIpc) is 2.90. The van der Waals surface area contributed by atoms with Gasteiger partial charge in [-0.1, -0.05) is 5.57 Å². The van der Waals surface area contributed by atoms with Crippen LogP contribution >= 0.6 is 0 Å². The topological polar surface area (TPSA) is 30.0 Å².